The van der Waals surface area contributed by atoms with Gasteiger partial charge in [0.25, 0.3) is 10.1 Å². The van der Waals surface area contributed by atoms with Crippen LogP contribution in [0.3, 0.4) is 0 Å². The molecule has 1 aromatic carbocycles. The van der Waals surface area contributed by atoms with Crippen molar-refractivity contribution >= 4 is 21.5 Å². The molecule has 0 atom stereocenters. The first-order chi connectivity index (χ1) is 8.43. The monoisotopic (exact) mass is 282 g/mol. The number of hydrogen-bond acceptors (Lipinski definition) is 3. The molecule has 5 heteroatoms. The molecule has 3 nitrogen and oxygen atoms in total. The van der Waals surface area contributed by atoms with E-state index in [1.165, 1.54) is 0 Å². The SMILES string of the molecule is CCc1cc(C)c(-c2cccs2)cc1S(=O)(=O)O. The molecule has 0 fully saturated rings. The quantitative estimate of drug-likeness (QED) is 0.876. The minimum atomic E-state index is -4.17. The topological polar surface area (TPSA) is 54.4 Å². The van der Waals surface area contributed by atoms with E-state index >= 15 is 0 Å². The molecule has 0 aliphatic rings. The largest absolute Gasteiger partial charge is 0.294 e. The molecule has 1 heterocycles. The second-order valence-corrected chi connectivity index (χ2v) is 6.42. The van der Waals surface area contributed by atoms with Gasteiger partial charge in [0.1, 0.15) is 0 Å². The van der Waals surface area contributed by atoms with Crippen molar-refractivity contribution < 1.29 is 13.0 Å². The highest BCUT2D eigenvalue weighted by atomic mass is 32.2. The molecule has 2 rings (SSSR count). The first-order valence-corrected chi connectivity index (χ1v) is 7.90. The van der Waals surface area contributed by atoms with Crippen molar-refractivity contribution in [2.75, 3.05) is 0 Å². The van der Waals surface area contributed by atoms with Crippen molar-refractivity contribution in [2.24, 2.45) is 0 Å². The number of thiophene rings is 1. The van der Waals surface area contributed by atoms with Crippen LogP contribution in [0.4, 0.5) is 0 Å². The van der Waals surface area contributed by atoms with Crippen molar-refractivity contribution in [3.8, 4) is 10.4 Å². The predicted molar refractivity (Wildman–Crippen MR) is 73.7 cm³/mol. The highest BCUT2D eigenvalue weighted by Crippen LogP contribution is 2.32. The standard InChI is InChI=1S/C13H14O3S2/c1-3-10-7-9(2)11(12-5-4-6-17-12)8-13(10)18(14,15)16/h4-8H,3H2,1-2H3,(H,14,15,16). The van der Waals surface area contributed by atoms with E-state index in [9.17, 15) is 13.0 Å². The Morgan fingerprint density at radius 3 is 2.56 bits per heavy atom. The summed E-state index contributed by atoms with van der Waals surface area (Å²) >= 11 is 1.55. The normalized spacial score (nSPS) is 11.7. The van der Waals surface area contributed by atoms with Gasteiger partial charge in [-0.05, 0) is 47.5 Å². The molecule has 2 aromatic rings. The summed E-state index contributed by atoms with van der Waals surface area (Å²) in [5.74, 6) is 0. The molecular weight excluding hydrogens is 268 g/mol. The van der Waals surface area contributed by atoms with Gasteiger partial charge < -0.3 is 0 Å². The summed E-state index contributed by atoms with van der Waals surface area (Å²) in [4.78, 5) is 1.01. The van der Waals surface area contributed by atoms with Crippen LogP contribution in [0.15, 0.2) is 34.5 Å². The van der Waals surface area contributed by atoms with Crippen LogP contribution in [0.5, 0.6) is 0 Å². The van der Waals surface area contributed by atoms with E-state index in [2.05, 4.69) is 0 Å². The van der Waals surface area contributed by atoms with E-state index in [1.807, 2.05) is 37.4 Å². The summed E-state index contributed by atoms with van der Waals surface area (Å²) in [5.41, 5.74) is 2.52. The lowest BCUT2D eigenvalue weighted by molar-refractivity contribution is 0.482. The van der Waals surface area contributed by atoms with E-state index in [0.29, 0.717) is 12.0 Å². The molecule has 0 aliphatic carbocycles. The fourth-order valence-electron chi connectivity index (χ4n) is 1.96. The van der Waals surface area contributed by atoms with Gasteiger partial charge in [-0.1, -0.05) is 19.1 Å². The molecule has 0 bridgehead atoms. The lowest BCUT2D eigenvalue weighted by atomic mass is 10.0. The van der Waals surface area contributed by atoms with Crippen molar-refractivity contribution in [2.45, 2.75) is 25.2 Å². The van der Waals surface area contributed by atoms with Gasteiger partial charge in [0.05, 0.1) is 4.90 Å². The van der Waals surface area contributed by atoms with Gasteiger partial charge in [-0.25, -0.2) is 0 Å². The molecule has 18 heavy (non-hydrogen) atoms. The molecule has 0 radical (unpaired) electrons. The van der Waals surface area contributed by atoms with Gasteiger partial charge in [-0.2, -0.15) is 8.42 Å². The van der Waals surface area contributed by atoms with E-state index in [4.69, 9.17) is 0 Å². The molecule has 0 saturated carbocycles. The zero-order chi connectivity index (χ0) is 13.3. The Morgan fingerprint density at radius 2 is 2.06 bits per heavy atom. The summed E-state index contributed by atoms with van der Waals surface area (Å²) in [6.07, 6.45) is 0.570. The van der Waals surface area contributed by atoms with E-state index < -0.39 is 10.1 Å². The highest BCUT2D eigenvalue weighted by molar-refractivity contribution is 7.85. The molecule has 1 N–H and O–H groups in total. The Balaban J connectivity index is 2.71. The summed E-state index contributed by atoms with van der Waals surface area (Å²) in [5, 5.41) is 1.94. The zero-order valence-corrected chi connectivity index (χ0v) is 11.8. The number of hydrogen-bond donors (Lipinski definition) is 1. The minimum Gasteiger partial charge on any atom is -0.282 e. The van der Waals surface area contributed by atoms with Crippen LogP contribution in [-0.2, 0) is 16.5 Å². The summed E-state index contributed by atoms with van der Waals surface area (Å²) < 4.78 is 32.1. The predicted octanol–water partition coefficient (Wildman–Crippen LogP) is 3.53. The van der Waals surface area contributed by atoms with Crippen molar-refractivity contribution in [1.82, 2.24) is 0 Å². The lowest BCUT2D eigenvalue weighted by Crippen LogP contribution is -2.04. The first kappa shape index (κ1) is 13.3. The second-order valence-electron chi connectivity index (χ2n) is 4.08. The Bertz CT molecular complexity index is 656. The summed E-state index contributed by atoms with van der Waals surface area (Å²) in [6, 6.07) is 7.25. The number of benzene rings is 1. The third-order valence-electron chi connectivity index (χ3n) is 2.85. The summed E-state index contributed by atoms with van der Waals surface area (Å²) in [6.45, 7) is 3.82. The van der Waals surface area contributed by atoms with E-state index in [1.54, 1.807) is 17.4 Å². The van der Waals surface area contributed by atoms with Crippen molar-refractivity contribution in [3.63, 3.8) is 0 Å². The smallest absolute Gasteiger partial charge is 0.282 e. The Hall–Kier alpha value is -1.17. The summed E-state index contributed by atoms with van der Waals surface area (Å²) in [7, 11) is -4.17. The van der Waals surface area contributed by atoms with Crippen LogP contribution in [0.1, 0.15) is 18.1 Å². The molecule has 96 valence electrons. The van der Waals surface area contributed by atoms with Crippen LogP contribution in [0.2, 0.25) is 0 Å². The van der Waals surface area contributed by atoms with Crippen LogP contribution in [0, 0.1) is 6.92 Å². The average molecular weight is 282 g/mol. The Labute approximate surface area is 111 Å². The second kappa shape index (κ2) is 4.84. The van der Waals surface area contributed by atoms with Gasteiger partial charge in [0, 0.05) is 4.88 Å². The first-order valence-electron chi connectivity index (χ1n) is 5.58. The highest BCUT2D eigenvalue weighted by Gasteiger charge is 2.17. The molecule has 0 spiro atoms. The van der Waals surface area contributed by atoms with Gasteiger partial charge >= 0.3 is 0 Å². The third kappa shape index (κ3) is 2.48. The van der Waals surface area contributed by atoms with Gasteiger partial charge in [0.15, 0.2) is 0 Å². The lowest BCUT2D eigenvalue weighted by Gasteiger charge is -2.10. The van der Waals surface area contributed by atoms with Gasteiger partial charge in [-0.15, -0.1) is 11.3 Å². The number of aryl methyl sites for hydroxylation is 2. The number of rotatable bonds is 3. The fourth-order valence-corrected chi connectivity index (χ4v) is 3.57. The molecular formula is C13H14O3S2. The minimum absolute atomic E-state index is 0.0130. The zero-order valence-electron chi connectivity index (χ0n) is 10.2. The average Bonchev–Trinajstić information content (AvgIpc) is 2.80. The maximum Gasteiger partial charge on any atom is 0.294 e. The van der Waals surface area contributed by atoms with E-state index in [0.717, 1.165) is 16.0 Å². The Kier molecular flexibility index (Phi) is 3.56. The molecule has 0 aliphatic heterocycles. The maximum atomic E-state index is 11.4. The van der Waals surface area contributed by atoms with Gasteiger partial charge in [0.2, 0.25) is 0 Å². The molecule has 0 saturated heterocycles. The van der Waals surface area contributed by atoms with E-state index in [-0.39, 0.29) is 4.90 Å². The maximum absolute atomic E-state index is 11.4. The van der Waals surface area contributed by atoms with Crippen molar-refractivity contribution in [1.29, 1.82) is 0 Å². The van der Waals surface area contributed by atoms with Crippen LogP contribution in [-0.4, -0.2) is 13.0 Å². The molecule has 0 amide bonds. The molecule has 1 aromatic heterocycles. The van der Waals surface area contributed by atoms with Gasteiger partial charge in [-0.3, -0.25) is 4.55 Å². The van der Waals surface area contributed by atoms with Crippen LogP contribution < -0.4 is 0 Å². The Morgan fingerprint density at radius 1 is 1.33 bits per heavy atom. The third-order valence-corrected chi connectivity index (χ3v) is 4.69. The van der Waals surface area contributed by atoms with Crippen LogP contribution >= 0.6 is 11.3 Å². The van der Waals surface area contributed by atoms with Crippen molar-refractivity contribution in [3.05, 3.63) is 40.8 Å². The molecule has 0 unspecified atom stereocenters. The van der Waals surface area contributed by atoms with Crippen LogP contribution in [0.25, 0.3) is 10.4 Å². The fraction of sp³-hybridized carbons (Fsp3) is 0.231.